The monoisotopic (exact) mass is 542 g/mol. The van der Waals surface area contributed by atoms with E-state index in [1.165, 1.54) is 5.70 Å². The maximum atomic E-state index is 4.66. The summed E-state index contributed by atoms with van der Waals surface area (Å²) < 4.78 is 0. The lowest BCUT2D eigenvalue weighted by Gasteiger charge is -2.35. The molecule has 0 amide bonds. The smallest absolute Gasteiger partial charge is 0.181 e. The molecular weight excluding hydrogens is 508 g/mol. The molecule has 1 aliphatic rings. The van der Waals surface area contributed by atoms with Crippen LogP contribution in [0.3, 0.4) is 0 Å². The Morgan fingerprint density at radius 2 is 1.78 bits per heavy atom. The number of fused-ring (bicyclic) bond motifs is 1. The molecule has 8 heteroatoms. The number of rotatable bonds is 8. The van der Waals surface area contributed by atoms with Crippen LogP contribution in [0.2, 0.25) is 0 Å². The van der Waals surface area contributed by atoms with Gasteiger partial charge in [0.05, 0.1) is 23.3 Å². The first-order chi connectivity index (χ1) is 20.0. The van der Waals surface area contributed by atoms with Crippen molar-refractivity contribution in [3.63, 3.8) is 0 Å². The largest absolute Gasteiger partial charge is 0.368 e. The van der Waals surface area contributed by atoms with Crippen molar-refractivity contribution in [3.05, 3.63) is 109 Å². The average molecular weight is 543 g/mol. The van der Waals surface area contributed by atoms with Gasteiger partial charge in [0, 0.05) is 77.7 Å². The minimum absolute atomic E-state index is 0.665. The zero-order valence-electron chi connectivity index (χ0n) is 23.5. The minimum atomic E-state index is 0.665. The third-order valence-corrected chi connectivity index (χ3v) is 7.58. The summed E-state index contributed by atoms with van der Waals surface area (Å²) in [6.07, 6.45) is 9.46. The molecule has 0 aliphatic carbocycles. The fourth-order valence-corrected chi connectivity index (χ4v) is 5.30. The zero-order valence-corrected chi connectivity index (χ0v) is 23.5. The Labute approximate surface area is 240 Å². The number of nitrogens with zero attached hydrogens (tertiary/aromatic N) is 5. The molecule has 0 radical (unpaired) electrons. The summed E-state index contributed by atoms with van der Waals surface area (Å²) in [5.74, 6) is 0. The fraction of sp³-hybridized carbons (Fsp3) is 0.182. The van der Waals surface area contributed by atoms with Crippen molar-refractivity contribution in [3.8, 4) is 22.5 Å². The number of aryl methyl sites for hydroxylation is 1. The van der Waals surface area contributed by atoms with Crippen LogP contribution < -0.4 is 5.32 Å². The number of nitrogens with one attached hydrogen (secondary N) is 3. The molecule has 0 saturated carbocycles. The highest BCUT2D eigenvalue weighted by atomic mass is 15.3. The number of anilines is 1. The maximum absolute atomic E-state index is 4.66. The van der Waals surface area contributed by atoms with Gasteiger partial charge in [0.2, 0.25) is 0 Å². The van der Waals surface area contributed by atoms with E-state index in [-0.39, 0.29) is 0 Å². The Balaban J connectivity index is 1.31. The van der Waals surface area contributed by atoms with Gasteiger partial charge in [-0.05, 0) is 43.8 Å². The summed E-state index contributed by atoms with van der Waals surface area (Å²) in [4.78, 5) is 17.5. The van der Waals surface area contributed by atoms with Gasteiger partial charge in [-0.15, -0.1) is 0 Å². The quantitative estimate of drug-likeness (QED) is 0.203. The maximum Gasteiger partial charge on any atom is 0.181 e. The van der Waals surface area contributed by atoms with Gasteiger partial charge in [-0.25, -0.2) is 4.98 Å². The number of aromatic nitrogens is 5. The lowest BCUT2D eigenvalue weighted by atomic mass is 10.1. The van der Waals surface area contributed by atoms with Crippen molar-refractivity contribution in [2.75, 3.05) is 38.5 Å². The highest BCUT2D eigenvalue weighted by Gasteiger charge is 2.21. The second-order valence-corrected chi connectivity index (χ2v) is 10.4. The number of piperazine rings is 1. The van der Waals surface area contributed by atoms with Crippen LogP contribution in [0.1, 0.15) is 16.8 Å². The number of pyridine rings is 2. The first-order valence-corrected chi connectivity index (χ1v) is 13.8. The van der Waals surface area contributed by atoms with E-state index >= 15 is 0 Å². The lowest BCUT2D eigenvalue weighted by Crippen LogP contribution is -2.43. The standard InChI is InChI=1S/C33H34N8/c1-5-9-31(41-14-12-40(4)13-15-41)28-18-30(37-23(28)3)32-29-17-26(20-35-33(29)39-38-32)25-16-27(21-34-19-25)36-22(2)24-10-7-6-8-11-24/h5-11,16-21,36-37H,1-2,12-15H2,3-4H3,(H,35,38,39)/b31-9+. The van der Waals surface area contributed by atoms with Crippen molar-refractivity contribution in [2.24, 2.45) is 0 Å². The molecule has 8 nitrogen and oxygen atoms in total. The van der Waals surface area contributed by atoms with Gasteiger partial charge in [-0.2, -0.15) is 5.10 Å². The first kappa shape index (κ1) is 26.3. The molecule has 1 aliphatic heterocycles. The van der Waals surface area contributed by atoms with Crippen LogP contribution in [-0.4, -0.2) is 68.2 Å². The molecule has 5 heterocycles. The third-order valence-electron chi connectivity index (χ3n) is 7.58. The molecule has 0 spiro atoms. The molecule has 0 bridgehead atoms. The number of aromatic amines is 2. The molecular formula is C33H34N8. The molecule has 0 atom stereocenters. The Morgan fingerprint density at radius 1 is 1.00 bits per heavy atom. The topological polar surface area (TPSA) is 88.8 Å². The van der Waals surface area contributed by atoms with Gasteiger partial charge in [0.15, 0.2) is 5.65 Å². The summed E-state index contributed by atoms with van der Waals surface area (Å²) in [7, 11) is 2.17. The molecule has 3 N–H and O–H groups in total. The summed E-state index contributed by atoms with van der Waals surface area (Å²) in [6.45, 7) is 14.3. The zero-order chi connectivity index (χ0) is 28.3. The molecule has 1 saturated heterocycles. The number of benzene rings is 1. The van der Waals surface area contributed by atoms with E-state index in [2.05, 4.69) is 91.7 Å². The molecule has 0 unspecified atom stereocenters. The van der Waals surface area contributed by atoms with E-state index in [0.717, 1.165) is 82.3 Å². The van der Waals surface area contributed by atoms with Crippen LogP contribution in [0.4, 0.5) is 5.69 Å². The predicted molar refractivity (Wildman–Crippen MR) is 168 cm³/mol. The van der Waals surface area contributed by atoms with E-state index in [9.17, 15) is 0 Å². The van der Waals surface area contributed by atoms with Gasteiger partial charge in [0.1, 0.15) is 0 Å². The molecule has 41 heavy (non-hydrogen) atoms. The highest BCUT2D eigenvalue weighted by Crippen LogP contribution is 2.33. The van der Waals surface area contributed by atoms with Gasteiger partial charge in [-0.3, -0.25) is 10.1 Å². The second kappa shape index (κ2) is 11.3. The Hall–Kier alpha value is -4.95. The normalized spacial score (nSPS) is 14.4. The van der Waals surface area contributed by atoms with Gasteiger partial charge in [0.25, 0.3) is 0 Å². The van der Waals surface area contributed by atoms with Crippen LogP contribution in [0.25, 0.3) is 44.9 Å². The number of likely N-dealkylation sites (N-methyl/N-ethyl adjacent to an activating group) is 1. The molecule has 6 rings (SSSR count). The second-order valence-electron chi connectivity index (χ2n) is 10.4. The van der Waals surface area contributed by atoms with E-state index in [1.54, 1.807) is 6.20 Å². The lowest BCUT2D eigenvalue weighted by molar-refractivity contribution is 0.207. The number of H-pyrrole nitrogens is 2. The molecule has 1 aromatic carbocycles. The van der Waals surface area contributed by atoms with Crippen LogP contribution in [0.5, 0.6) is 0 Å². The van der Waals surface area contributed by atoms with E-state index < -0.39 is 0 Å². The van der Waals surface area contributed by atoms with Gasteiger partial charge in [-0.1, -0.05) is 49.6 Å². The molecule has 206 valence electrons. The fourth-order valence-electron chi connectivity index (χ4n) is 5.30. The number of hydrogen-bond donors (Lipinski definition) is 3. The van der Waals surface area contributed by atoms with Crippen molar-refractivity contribution >= 4 is 28.1 Å². The van der Waals surface area contributed by atoms with Crippen molar-refractivity contribution in [1.29, 1.82) is 0 Å². The summed E-state index contributed by atoms with van der Waals surface area (Å²) in [6, 6.07) is 16.4. The molecule has 1 fully saturated rings. The highest BCUT2D eigenvalue weighted by molar-refractivity contribution is 5.93. The van der Waals surface area contributed by atoms with Crippen molar-refractivity contribution in [2.45, 2.75) is 6.92 Å². The SMILES string of the molecule is C=C/C=C(\c1cc(-c2[nH]nc3ncc(-c4cncc(NC(=C)c5ccccc5)c4)cc23)[nH]c1C)N1CCN(C)CC1. The molecule has 4 aromatic heterocycles. The van der Waals surface area contributed by atoms with Gasteiger partial charge >= 0.3 is 0 Å². The minimum Gasteiger partial charge on any atom is -0.368 e. The predicted octanol–water partition coefficient (Wildman–Crippen LogP) is 6.18. The van der Waals surface area contributed by atoms with Crippen molar-refractivity contribution < 1.29 is 0 Å². The Morgan fingerprint density at radius 3 is 2.56 bits per heavy atom. The number of allylic oxidation sites excluding steroid dienone is 2. The van der Waals surface area contributed by atoms with Crippen LogP contribution in [-0.2, 0) is 0 Å². The third kappa shape index (κ3) is 5.42. The van der Waals surface area contributed by atoms with Crippen molar-refractivity contribution in [1.82, 2.24) is 34.9 Å². The molecule has 5 aromatic rings. The number of hydrogen-bond acceptors (Lipinski definition) is 6. The summed E-state index contributed by atoms with van der Waals surface area (Å²) in [5.41, 5.74) is 10.6. The van der Waals surface area contributed by atoms with Crippen LogP contribution in [0, 0.1) is 6.92 Å². The van der Waals surface area contributed by atoms with E-state index in [0.29, 0.717) is 5.65 Å². The Kier molecular flexibility index (Phi) is 7.22. The average Bonchev–Trinajstić information content (AvgIpc) is 3.60. The van der Waals surface area contributed by atoms with Crippen LogP contribution in [0.15, 0.2) is 92.4 Å². The van der Waals surface area contributed by atoms with Crippen LogP contribution >= 0.6 is 0 Å². The van der Waals surface area contributed by atoms with E-state index in [4.69, 9.17) is 0 Å². The van der Waals surface area contributed by atoms with Gasteiger partial charge < -0.3 is 20.1 Å². The first-order valence-electron chi connectivity index (χ1n) is 13.8. The Bertz CT molecular complexity index is 1740. The summed E-state index contributed by atoms with van der Waals surface area (Å²) >= 11 is 0. The summed E-state index contributed by atoms with van der Waals surface area (Å²) in [5, 5.41) is 12.0. The van der Waals surface area contributed by atoms with E-state index in [1.807, 2.05) is 48.8 Å².